The Labute approximate surface area is 131 Å². The Morgan fingerprint density at radius 1 is 1.23 bits per heavy atom. The van der Waals surface area contributed by atoms with Crippen molar-refractivity contribution >= 4 is 0 Å². The van der Waals surface area contributed by atoms with Crippen LogP contribution < -0.4 is 10.1 Å². The molecule has 1 fully saturated rings. The van der Waals surface area contributed by atoms with Gasteiger partial charge in [0.15, 0.2) is 0 Å². The normalized spacial score (nSPS) is 22.5. The smallest absolute Gasteiger partial charge is 0.119 e. The van der Waals surface area contributed by atoms with Crippen molar-refractivity contribution in [3.8, 4) is 5.75 Å². The molecule has 1 N–H and O–H groups in total. The lowest BCUT2D eigenvalue weighted by Crippen LogP contribution is -2.44. The third kappa shape index (κ3) is 2.12. The van der Waals surface area contributed by atoms with Crippen LogP contribution in [0, 0.1) is 0 Å². The summed E-state index contributed by atoms with van der Waals surface area (Å²) >= 11 is 0. The molecule has 1 aromatic carbocycles. The van der Waals surface area contributed by atoms with Gasteiger partial charge in [0.05, 0.1) is 13.2 Å². The molecule has 2 heterocycles. The molecular weight excluding hydrogens is 272 g/mol. The van der Waals surface area contributed by atoms with E-state index < -0.39 is 0 Å². The zero-order chi connectivity index (χ0) is 15.0. The number of pyridine rings is 1. The molecule has 1 aliphatic carbocycles. The topological polar surface area (TPSA) is 34.1 Å². The van der Waals surface area contributed by atoms with Crippen LogP contribution in [0.3, 0.4) is 0 Å². The van der Waals surface area contributed by atoms with Crippen LogP contribution in [-0.4, -0.2) is 18.6 Å². The van der Waals surface area contributed by atoms with E-state index in [0.717, 1.165) is 12.3 Å². The highest BCUT2D eigenvalue weighted by molar-refractivity contribution is 5.48. The van der Waals surface area contributed by atoms with Crippen LogP contribution in [0.1, 0.15) is 48.4 Å². The van der Waals surface area contributed by atoms with E-state index in [9.17, 15) is 0 Å². The fourth-order valence-corrected chi connectivity index (χ4v) is 4.22. The second-order valence-corrected chi connectivity index (χ2v) is 6.54. The minimum Gasteiger partial charge on any atom is -0.497 e. The van der Waals surface area contributed by atoms with E-state index in [1.165, 1.54) is 42.4 Å². The Morgan fingerprint density at radius 3 is 2.82 bits per heavy atom. The number of rotatable bonds is 2. The summed E-state index contributed by atoms with van der Waals surface area (Å²) in [6.07, 6.45) is 9.02. The number of aromatic nitrogens is 1. The Balaban J connectivity index is 1.84. The molecule has 3 heteroatoms. The standard InChI is InChI=1S/C19H22N2O/c1-22-15-6-7-16-17(11-15)19(8-2-3-9-19)13-21-18(16)14-5-4-10-20-12-14/h4-7,10-12,18,21H,2-3,8-9,13H2,1H3. The van der Waals surface area contributed by atoms with E-state index in [1.54, 1.807) is 7.11 Å². The van der Waals surface area contributed by atoms with Gasteiger partial charge in [0.2, 0.25) is 0 Å². The van der Waals surface area contributed by atoms with E-state index in [-0.39, 0.29) is 6.04 Å². The summed E-state index contributed by atoms with van der Waals surface area (Å²) in [6, 6.07) is 11.0. The van der Waals surface area contributed by atoms with Crippen molar-refractivity contribution in [2.24, 2.45) is 0 Å². The van der Waals surface area contributed by atoms with Gasteiger partial charge in [0.1, 0.15) is 5.75 Å². The molecule has 0 radical (unpaired) electrons. The van der Waals surface area contributed by atoms with Crippen molar-refractivity contribution in [1.29, 1.82) is 0 Å². The summed E-state index contributed by atoms with van der Waals surface area (Å²) in [5.41, 5.74) is 4.41. The highest BCUT2D eigenvalue weighted by Gasteiger charge is 2.42. The second-order valence-electron chi connectivity index (χ2n) is 6.54. The average molecular weight is 294 g/mol. The van der Waals surface area contributed by atoms with Crippen LogP contribution in [0.5, 0.6) is 5.75 Å². The highest BCUT2D eigenvalue weighted by Crippen LogP contribution is 2.47. The van der Waals surface area contributed by atoms with Crippen LogP contribution in [0.15, 0.2) is 42.7 Å². The van der Waals surface area contributed by atoms with Crippen LogP contribution in [0.4, 0.5) is 0 Å². The number of hydrogen-bond acceptors (Lipinski definition) is 3. The van der Waals surface area contributed by atoms with Gasteiger partial charge in [0.25, 0.3) is 0 Å². The minimum atomic E-state index is 0.237. The largest absolute Gasteiger partial charge is 0.497 e. The van der Waals surface area contributed by atoms with Crippen molar-refractivity contribution in [3.05, 3.63) is 59.4 Å². The second kappa shape index (κ2) is 5.40. The predicted molar refractivity (Wildman–Crippen MR) is 87.2 cm³/mol. The third-order valence-electron chi connectivity index (χ3n) is 5.37. The van der Waals surface area contributed by atoms with Gasteiger partial charge in [-0.05, 0) is 47.7 Å². The lowest BCUT2D eigenvalue weighted by Gasteiger charge is -2.40. The van der Waals surface area contributed by atoms with Gasteiger partial charge in [-0.25, -0.2) is 0 Å². The van der Waals surface area contributed by atoms with Crippen molar-refractivity contribution in [3.63, 3.8) is 0 Å². The maximum absolute atomic E-state index is 5.49. The highest BCUT2D eigenvalue weighted by atomic mass is 16.5. The number of benzene rings is 1. The first-order chi connectivity index (χ1) is 10.8. The Hall–Kier alpha value is -1.87. The maximum atomic E-state index is 5.49. The first-order valence-corrected chi connectivity index (χ1v) is 8.14. The SMILES string of the molecule is COc1ccc2c(c1)C1(CCCC1)CNC2c1cccnc1. The number of fused-ring (bicyclic) bond motifs is 2. The molecule has 4 rings (SSSR count). The first-order valence-electron chi connectivity index (χ1n) is 8.14. The Kier molecular flexibility index (Phi) is 3.38. The quantitative estimate of drug-likeness (QED) is 0.919. The van der Waals surface area contributed by atoms with Crippen LogP contribution in [0.25, 0.3) is 0 Å². The summed E-state index contributed by atoms with van der Waals surface area (Å²) < 4.78 is 5.49. The Morgan fingerprint density at radius 2 is 2.09 bits per heavy atom. The number of nitrogens with one attached hydrogen (secondary N) is 1. The maximum Gasteiger partial charge on any atom is 0.119 e. The fraction of sp³-hybridized carbons (Fsp3) is 0.421. The molecule has 1 unspecified atom stereocenters. The molecule has 2 aliphatic rings. The van der Waals surface area contributed by atoms with Gasteiger partial charge >= 0.3 is 0 Å². The molecule has 1 aromatic heterocycles. The first kappa shape index (κ1) is 13.8. The zero-order valence-corrected chi connectivity index (χ0v) is 13.0. The molecule has 3 nitrogen and oxygen atoms in total. The summed E-state index contributed by atoms with van der Waals surface area (Å²) in [7, 11) is 1.75. The van der Waals surface area contributed by atoms with Crippen LogP contribution >= 0.6 is 0 Å². The molecule has 0 saturated heterocycles. The summed E-state index contributed by atoms with van der Waals surface area (Å²) in [6.45, 7) is 1.05. The number of methoxy groups -OCH3 is 1. The van der Waals surface area contributed by atoms with Gasteiger partial charge in [0, 0.05) is 24.4 Å². The van der Waals surface area contributed by atoms with E-state index in [4.69, 9.17) is 4.74 Å². The molecule has 1 aliphatic heterocycles. The van der Waals surface area contributed by atoms with Crippen LogP contribution in [0.2, 0.25) is 0 Å². The molecule has 114 valence electrons. The van der Waals surface area contributed by atoms with Crippen LogP contribution in [-0.2, 0) is 5.41 Å². The van der Waals surface area contributed by atoms with Crippen molar-refractivity contribution in [1.82, 2.24) is 10.3 Å². The summed E-state index contributed by atoms with van der Waals surface area (Å²) in [5, 5.41) is 3.78. The lowest BCUT2D eigenvalue weighted by atomic mass is 9.71. The lowest BCUT2D eigenvalue weighted by molar-refractivity contribution is 0.352. The summed E-state index contributed by atoms with van der Waals surface area (Å²) in [4.78, 5) is 4.29. The number of ether oxygens (including phenoxy) is 1. The van der Waals surface area contributed by atoms with Crippen molar-refractivity contribution < 1.29 is 4.74 Å². The number of hydrogen-bond donors (Lipinski definition) is 1. The third-order valence-corrected chi connectivity index (χ3v) is 5.37. The molecule has 1 saturated carbocycles. The summed E-state index contributed by atoms with van der Waals surface area (Å²) in [5.74, 6) is 0.969. The van der Waals surface area contributed by atoms with Gasteiger partial charge < -0.3 is 10.1 Å². The van der Waals surface area contributed by atoms with Gasteiger partial charge in [-0.3, -0.25) is 4.98 Å². The monoisotopic (exact) mass is 294 g/mol. The number of nitrogens with zero attached hydrogens (tertiary/aromatic N) is 1. The van der Waals surface area contributed by atoms with Gasteiger partial charge in [-0.15, -0.1) is 0 Å². The van der Waals surface area contributed by atoms with E-state index in [2.05, 4.69) is 34.6 Å². The van der Waals surface area contributed by atoms with Gasteiger partial charge in [-0.1, -0.05) is 25.0 Å². The average Bonchev–Trinajstić information content (AvgIpc) is 3.05. The van der Waals surface area contributed by atoms with Gasteiger partial charge in [-0.2, -0.15) is 0 Å². The molecular formula is C19H22N2O. The minimum absolute atomic E-state index is 0.237. The van der Waals surface area contributed by atoms with Crippen molar-refractivity contribution in [2.75, 3.05) is 13.7 Å². The van der Waals surface area contributed by atoms with Crippen molar-refractivity contribution in [2.45, 2.75) is 37.1 Å². The predicted octanol–water partition coefficient (Wildman–Crippen LogP) is 3.59. The van der Waals surface area contributed by atoms with E-state index in [0.29, 0.717) is 5.41 Å². The molecule has 0 bridgehead atoms. The molecule has 0 amide bonds. The Bertz CT molecular complexity index is 662. The van der Waals surface area contributed by atoms with E-state index in [1.807, 2.05) is 18.5 Å². The van der Waals surface area contributed by atoms with E-state index >= 15 is 0 Å². The fourth-order valence-electron chi connectivity index (χ4n) is 4.22. The molecule has 1 spiro atoms. The molecule has 1 atom stereocenters. The molecule has 22 heavy (non-hydrogen) atoms. The zero-order valence-electron chi connectivity index (χ0n) is 13.0. The molecule has 2 aromatic rings.